The maximum atomic E-state index is 13.8. The molecule has 1 atom stereocenters. The summed E-state index contributed by atoms with van der Waals surface area (Å²) < 4.78 is 54.2. The van der Waals surface area contributed by atoms with E-state index in [4.69, 9.17) is 0 Å². The van der Waals surface area contributed by atoms with E-state index in [2.05, 4.69) is 20.9 Å². The van der Waals surface area contributed by atoms with Gasteiger partial charge in [0.1, 0.15) is 11.5 Å². The van der Waals surface area contributed by atoms with E-state index in [9.17, 15) is 22.4 Å². The van der Waals surface area contributed by atoms with Crippen LogP contribution in [0.25, 0.3) is 5.69 Å². The third-order valence-corrected chi connectivity index (χ3v) is 3.30. The van der Waals surface area contributed by atoms with Crippen LogP contribution in [0.3, 0.4) is 0 Å². The van der Waals surface area contributed by atoms with E-state index in [1.54, 1.807) is 14.0 Å². The summed E-state index contributed by atoms with van der Waals surface area (Å²) in [5.41, 5.74) is -2.78. The van der Waals surface area contributed by atoms with Gasteiger partial charge < -0.3 is 10.6 Å². The van der Waals surface area contributed by atoms with Gasteiger partial charge in [-0.25, -0.2) is 9.07 Å². The Morgan fingerprint density at radius 2 is 1.96 bits per heavy atom. The predicted molar refractivity (Wildman–Crippen MR) is 84.4 cm³/mol. The first-order valence-corrected chi connectivity index (χ1v) is 6.99. The van der Waals surface area contributed by atoms with Crippen molar-refractivity contribution in [1.29, 1.82) is 0 Å². The Hall–Kier alpha value is -2.20. The second kappa shape index (κ2) is 8.26. The van der Waals surface area contributed by atoms with Gasteiger partial charge in [0, 0.05) is 12.6 Å². The van der Waals surface area contributed by atoms with E-state index >= 15 is 0 Å². The maximum Gasteiger partial charge on any atom is 0.435 e. The van der Waals surface area contributed by atoms with Crippen molar-refractivity contribution in [3.05, 3.63) is 41.5 Å². The second-order valence-electron chi connectivity index (χ2n) is 5.05. The molecule has 1 aromatic heterocycles. The van der Waals surface area contributed by atoms with Crippen molar-refractivity contribution >= 4 is 18.3 Å². The first-order chi connectivity index (χ1) is 11.3. The van der Waals surface area contributed by atoms with Crippen molar-refractivity contribution in [2.75, 3.05) is 13.6 Å². The van der Waals surface area contributed by atoms with Gasteiger partial charge >= 0.3 is 6.18 Å². The standard InChI is InChI=1S/C14H15F4N5O.ClH/c1-8(19-2)7-20-13(24)11-12(14(16,17)18)23(22-21-11)10-6-4-3-5-9(10)15;/h3-6,8,19H,7H2,1-2H3,(H,20,24);1H. The van der Waals surface area contributed by atoms with Crippen LogP contribution < -0.4 is 10.6 Å². The van der Waals surface area contributed by atoms with E-state index in [1.165, 1.54) is 12.1 Å². The zero-order valence-electron chi connectivity index (χ0n) is 13.3. The summed E-state index contributed by atoms with van der Waals surface area (Å²) in [6.07, 6.45) is -4.94. The number of nitrogens with zero attached hydrogens (tertiary/aromatic N) is 3. The first-order valence-electron chi connectivity index (χ1n) is 6.99. The smallest absolute Gasteiger partial charge is 0.349 e. The van der Waals surface area contributed by atoms with Gasteiger partial charge in [0.25, 0.3) is 5.91 Å². The number of likely N-dealkylation sites (N-methyl/N-ethyl adjacent to an activating group) is 1. The van der Waals surface area contributed by atoms with E-state index < -0.39 is 35.0 Å². The molecule has 2 N–H and O–H groups in total. The van der Waals surface area contributed by atoms with Crippen molar-refractivity contribution in [2.24, 2.45) is 0 Å². The molecule has 11 heteroatoms. The second-order valence-corrected chi connectivity index (χ2v) is 5.05. The molecule has 1 heterocycles. The Morgan fingerprint density at radius 3 is 2.52 bits per heavy atom. The van der Waals surface area contributed by atoms with Crippen LogP contribution in [0, 0.1) is 5.82 Å². The average molecular weight is 382 g/mol. The van der Waals surface area contributed by atoms with E-state index in [-0.39, 0.29) is 29.7 Å². The zero-order valence-corrected chi connectivity index (χ0v) is 14.1. The molecule has 6 nitrogen and oxygen atoms in total. The highest BCUT2D eigenvalue weighted by molar-refractivity contribution is 5.93. The highest BCUT2D eigenvalue weighted by Gasteiger charge is 2.42. The third kappa shape index (κ3) is 4.67. The molecule has 2 rings (SSSR count). The van der Waals surface area contributed by atoms with Crippen LogP contribution in [0.2, 0.25) is 0 Å². The van der Waals surface area contributed by atoms with Crippen molar-refractivity contribution in [1.82, 2.24) is 25.6 Å². The van der Waals surface area contributed by atoms with Gasteiger partial charge in [-0.2, -0.15) is 13.2 Å². The molecule has 1 amide bonds. The number of aromatic nitrogens is 3. The molecule has 25 heavy (non-hydrogen) atoms. The maximum absolute atomic E-state index is 13.8. The number of rotatable bonds is 5. The summed E-state index contributed by atoms with van der Waals surface area (Å²) in [7, 11) is 1.65. The highest BCUT2D eigenvalue weighted by Crippen LogP contribution is 2.33. The highest BCUT2D eigenvalue weighted by atomic mass is 35.5. The molecule has 0 spiro atoms. The molecule has 1 unspecified atom stereocenters. The Balaban J connectivity index is 0.00000312. The van der Waals surface area contributed by atoms with Gasteiger partial charge in [-0.15, -0.1) is 17.5 Å². The Kier molecular flexibility index (Phi) is 6.88. The normalized spacial score (nSPS) is 12.4. The van der Waals surface area contributed by atoms with Gasteiger partial charge in [0.15, 0.2) is 11.4 Å². The monoisotopic (exact) mass is 381 g/mol. The van der Waals surface area contributed by atoms with Gasteiger partial charge in [0.05, 0.1) is 0 Å². The Labute approximate surface area is 147 Å². The Morgan fingerprint density at radius 1 is 1.32 bits per heavy atom. The molecule has 0 saturated carbocycles. The Bertz CT molecular complexity index is 734. The molecular weight excluding hydrogens is 366 g/mol. The number of carbonyl (C=O) groups is 1. The number of benzene rings is 1. The summed E-state index contributed by atoms with van der Waals surface area (Å²) in [4.78, 5) is 12.0. The molecule has 0 bridgehead atoms. The molecule has 138 valence electrons. The molecular formula is C14H16ClF4N5O. The molecule has 2 aromatic rings. The van der Waals surface area contributed by atoms with Gasteiger partial charge in [0.2, 0.25) is 0 Å². The number of hydrogen-bond acceptors (Lipinski definition) is 4. The SMILES string of the molecule is CNC(C)CNC(=O)c1nnn(-c2ccccc2F)c1C(F)(F)F.Cl. The first kappa shape index (κ1) is 20.8. The molecule has 0 aliphatic rings. The topological polar surface area (TPSA) is 71.8 Å². The van der Waals surface area contributed by atoms with E-state index in [1.807, 2.05) is 0 Å². The van der Waals surface area contributed by atoms with Crippen LogP contribution in [0.15, 0.2) is 24.3 Å². The number of amides is 1. The van der Waals surface area contributed by atoms with Crippen molar-refractivity contribution in [3.8, 4) is 5.69 Å². The minimum absolute atomic E-state index is 0. The fourth-order valence-electron chi connectivity index (χ4n) is 1.91. The van der Waals surface area contributed by atoms with E-state index in [0.717, 1.165) is 12.1 Å². The van der Waals surface area contributed by atoms with E-state index in [0.29, 0.717) is 0 Å². The summed E-state index contributed by atoms with van der Waals surface area (Å²) in [6, 6.07) is 4.64. The van der Waals surface area contributed by atoms with Crippen LogP contribution in [0.5, 0.6) is 0 Å². The van der Waals surface area contributed by atoms with Gasteiger partial charge in [-0.3, -0.25) is 4.79 Å². The van der Waals surface area contributed by atoms with Crippen molar-refractivity contribution in [2.45, 2.75) is 19.1 Å². The average Bonchev–Trinajstić information content (AvgIpc) is 2.97. The predicted octanol–water partition coefficient (Wildman–Crippen LogP) is 2.18. The fraction of sp³-hybridized carbons (Fsp3) is 0.357. The number of para-hydroxylation sites is 1. The van der Waals surface area contributed by atoms with Crippen LogP contribution in [0.1, 0.15) is 23.1 Å². The minimum Gasteiger partial charge on any atom is -0.349 e. The summed E-state index contributed by atoms with van der Waals surface area (Å²) in [5.74, 6) is -1.95. The zero-order chi connectivity index (χ0) is 17.9. The molecule has 0 aliphatic heterocycles. The lowest BCUT2D eigenvalue weighted by molar-refractivity contribution is -0.143. The molecule has 0 saturated heterocycles. The van der Waals surface area contributed by atoms with Crippen LogP contribution in [-0.4, -0.2) is 40.5 Å². The largest absolute Gasteiger partial charge is 0.435 e. The minimum atomic E-state index is -4.94. The van der Waals surface area contributed by atoms with Gasteiger partial charge in [-0.05, 0) is 26.1 Å². The lowest BCUT2D eigenvalue weighted by Crippen LogP contribution is -2.38. The molecule has 0 aliphatic carbocycles. The van der Waals surface area contributed by atoms with Crippen molar-refractivity contribution in [3.63, 3.8) is 0 Å². The van der Waals surface area contributed by atoms with Gasteiger partial charge in [-0.1, -0.05) is 17.3 Å². The lowest BCUT2D eigenvalue weighted by Gasteiger charge is -2.13. The number of alkyl halides is 3. The molecule has 1 aromatic carbocycles. The molecule has 0 radical (unpaired) electrons. The number of halogens is 5. The number of hydrogen-bond donors (Lipinski definition) is 2. The van der Waals surface area contributed by atoms with Crippen LogP contribution >= 0.6 is 12.4 Å². The fourth-order valence-corrected chi connectivity index (χ4v) is 1.91. The lowest BCUT2D eigenvalue weighted by atomic mass is 10.2. The summed E-state index contributed by atoms with van der Waals surface area (Å²) in [6.45, 7) is 1.83. The molecule has 0 fully saturated rings. The quantitative estimate of drug-likeness (QED) is 0.779. The van der Waals surface area contributed by atoms with Crippen molar-refractivity contribution < 1.29 is 22.4 Å². The third-order valence-electron chi connectivity index (χ3n) is 3.30. The number of carbonyl (C=O) groups excluding carboxylic acids is 1. The van der Waals surface area contributed by atoms with Crippen LogP contribution in [-0.2, 0) is 6.18 Å². The summed E-state index contributed by atoms with van der Waals surface area (Å²) >= 11 is 0. The van der Waals surface area contributed by atoms with Crippen LogP contribution in [0.4, 0.5) is 17.6 Å². The summed E-state index contributed by atoms with van der Waals surface area (Å²) in [5, 5.41) is 11.8. The number of nitrogens with one attached hydrogen (secondary N) is 2.